The first-order valence-electron chi connectivity index (χ1n) is 4.82. The van der Waals surface area contributed by atoms with Gasteiger partial charge in [-0.3, -0.25) is 0 Å². The summed E-state index contributed by atoms with van der Waals surface area (Å²) >= 11 is 0. The molecule has 0 amide bonds. The minimum atomic E-state index is 0. The maximum Gasteiger partial charge on any atom is 0.0704 e. The van der Waals surface area contributed by atoms with Crippen molar-refractivity contribution in [3.8, 4) is 0 Å². The molecule has 2 rings (SSSR count). The average molecular weight is 243 g/mol. The summed E-state index contributed by atoms with van der Waals surface area (Å²) in [4.78, 5) is 0. The highest BCUT2D eigenvalue weighted by Crippen LogP contribution is 2.39. The molecule has 0 unspecified atom stereocenters. The van der Waals surface area contributed by atoms with Crippen molar-refractivity contribution in [2.75, 3.05) is 19.7 Å². The number of piperidine rings is 1. The maximum atomic E-state index is 6.14. The van der Waals surface area contributed by atoms with Gasteiger partial charge in [-0.15, -0.1) is 24.8 Å². The number of hydrogen-bond donors (Lipinski definition) is 2. The zero-order valence-corrected chi connectivity index (χ0v) is 10.1. The van der Waals surface area contributed by atoms with Crippen LogP contribution in [-0.2, 0) is 4.74 Å². The molecule has 2 aliphatic heterocycles. The molecule has 0 aliphatic carbocycles. The Balaban J connectivity index is 0.000000845. The van der Waals surface area contributed by atoms with Crippen molar-refractivity contribution in [3.05, 3.63) is 0 Å². The van der Waals surface area contributed by atoms with Crippen LogP contribution in [0.25, 0.3) is 0 Å². The molecule has 0 saturated carbocycles. The molecule has 2 aliphatic rings. The fourth-order valence-electron chi connectivity index (χ4n) is 2.40. The maximum absolute atomic E-state index is 6.14. The van der Waals surface area contributed by atoms with E-state index in [4.69, 9.17) is 10.5 Å². The normalized spacial score (nSPS) is 34.7. The molecule has 3 N–H and O–H groups in total. The first-order valence-corrected chi connectivity index (χ1v) is 4.82. The first kappa shape index (κ1) is 14.5. The number of ether oxygens (including phenoxy) is 1. The summed E-state index contributed by atoms with van der Waals surface area (Å²) in [5.74, 6) is 0. The van der Waals surface area contributed by atoms with Crippen molar-refractivity contribution in [2.24, 2.45) is 11.1 Å². The summed E-state index contributed by atoms with van der Waals surface area (Å²) in [6.07, 6.45) is 2.61. The zero-order valence-electron chi connectivity index (χ0n) is 8.49. The Morgan fingerprint density at radius 1 is 1.29 bits per heavy atom. The second kappa shape index (κ2) is 5.52. The second-order valence-electron chi connectivity index (χ2n) is 4.15. The molecule has 2 heterocycles. The van der Waals surface area contributed by atoms with Gasteiger partial charge < -0.3 is 15.8 Å². The average Bonchev–Trinajstić information content (AvgIpc) is 2.37. The molecule has 0 aromatic rings. The van der Waals surface area contributed by atoms with Gasteiger partial charge in [0.1, 0.15) is 0 Å². The number of nitrogens with two attached hydrogens (primary N) is 1. The molecule has 14 heavy (non-hydrogen) atoms. The summed E-state index contributed by atoms with van der Waals surface area (Å²) in [5, 5.41) is 3.36. The Morgan fingerprint density at radius 3 is 2.29 bits per heavy atom. The molecule has 3 nitrogen and oxygen atoms in total. The van der Waals surface area contributed by atoms with E-state index in [9.17, 15) is 0 Å². The van der Waals surface area contributed by atoms with Crippen molar-refractivity contribution in [1.29, 1.82) is 0 Å². The van der Waals surface area contributed by atoms with Crippen LogP contribution in [0.5, 0.6) is 0 Å². The van der Waals surface area contributed by atoms with Crippen LogP contribution in [0.15, 0.2) is 0 Å². The van der Waals surface area contributed by atoms with E-state index in [1.54, 1.807) is 0 Å². The van der Waals surface area contributed by atoms with Gasteiger partial charge in [-0.05, 0) is 32.9 Å². The SMILES string of the molecule is C[C@@H]1OCC2(CCNCC2)[C@@H]1N.Cl.Cl. The smallest absolute Gasteiger partial charge is 0.0704 e. The third-order valence-electron chi connectivity index (χ3n) is 3.45. The van der Waals surface area contributed by atoms with Crippen LogP contribution in [0.2, 0.25) is 0 Å². The highest BCUT2D eigenvalue weighted by atomic mass is 35.5. The molecular formula is C9H20Cl2N2O. The van der Waals surface area contributed by atoms with Crippen LogP contribution in [0.4, 0.5) is 0 Å². The standard InChI is InChI=1S/C9H18N2O.2ClH/c1-7-8(10)9(6-12-7)2-4-11-5-3-9;;/h7-8,11H,2-6,10H2,1H3;2*1H/t7-,8+;;/m0../s1. The summed E-state index contributed by atoms with van der Waals surface area (Å²) < 4.78 is 5.61. The Bertz CT molecular complexity index is 169. The largest absolute Gasteiger partial charge is 0.376 e. The molecule has 1 spiro atoms. The van der Waals surface area contributed by atoms with E-state index < -0.39 is 0 Å². The molecule has 5 heteroatoms. The lowest BCUT2D eigenvalue weighted by atomic mass is 9.74. The second-order valence-corrected chi connectivity index (χ2v) is 4.15. The molecule has 2 saturated heterocycles. The predicted octanol–water partition coefficient (Wildman–Crippen LogP) is 0.946. The van der Waals surface area contributed by atoms with E-state index in [0.717, 1.165) is 19.7 Å². The van der Waals surface area contributed by atoms with Crippen molar-refractivity contribution < 1.29 is 4.74 Å². The monoisotopic (exact) mass is 242 g/mol. The highest BCUT2D eigenvalue weighted by molar-refractivity contribution is 5.85. The van der Waals surface area contributed by atoms with Crippen molar-refractivity contribution in [1.82, 2.24) is 5.32 Å². The predicted molar refractivity (Wildman–Crippen MR) is 62.4 cm³/mol. The van der Waals surface area contributed by atoms with Gasteiger partial charge in [0.05, 0.1) is 12.7 Å². The molecule has 86 valence electrons. The van der Waals surface area contributed by atoms with Gasteiger partial charge >= 0.3 is 0 Å². The van der Waals surface area contributed by atoms with Gasteiger partial charge in [0.25, 0.3) is 0 Å². The van der Waals surface area contributed by atoms with Crippen LogP contribution in [-0.4, -0.2) is 31.8 Å². The first-order chi connectivity index (χ1) is 5.75. The molecule has 0 radical (unpaired) electrons. The summed E-state index contributed by atoms with van der Waals surface area (Å²) in [6.45, 7) is 5.16. The van der Waals surface area contributed by atoms with Crippen LogP contribution < -0.4 is 11.1 Å². The number of hydrogen-bond acceptors (Lipinski definition) is 3. The van der Waals surface area contributed by atoms with Gasteiger partial charge in [-0.2, -0.15) is 0 Å². The molecule has 2 fully saturated rings. The van der Waals surface area contributed by atoms with Gasteiger partial charge in [0, 0.05) is 11.5 Å². The fourth-order valence-corrected chi connectivity index (χ4v) is 2.40. The van der Waals surface area contributed by atoms with Crippen LogP contribution in [0.1, 0.15) is 19.8 Å². The lowest BCUT2D eigenvalue weighted by Gasteiger charge is -2.36. The van der Waals surface area contributed by atoms with Gasteiger partial charge in [-0.25, -0.2) is 0 Å². The minimum absolute atomic E-state index is 0. The minimum Gasteiger partial charge on any atom is -0.376 e. The number of rotatable bonds is 0. The zero-order chi connectivity index (χ0) is 8.60. The molecule has 0 aromatic heterocycles. The van der Waals surface area contributed by atoms with Crippen molar-refractivity contribution in [3.63, 3.8) is 0 Å². The summed E-state index contributed by atoms with van der Waals surface area (Å²) in [7, 11) is 0. The van der Waals surface area contributed by atoms with Crippen LogP contribution >= 0.6 is 24.8 Å². The molecule has 0 bridgehead atoms. The topological polar surface area (TPSA) is 47.3 Å². The highest BCUT2D eigenvalue weighted by Gasteiger charge is 2.46. The summed E-state index contributed by atoms with van der Waals surface area (Å²) in [6, 6.07) is 0.250. The van der Waals surface area contributed by atoms with E-state index in [1.807, 2.05) is 0 Å². The number of halogens is 2. The Hall–Kier alpha value is 0.460. The summed E-state index contributed by atoms with van der Waals surface area (Å²) in [5.41, 5.74) is 6.43. The third-order valence-corrected chi connectivity index (χ3v) is 3.45. The molecule has 2 atom stereocenters. The lowest BCUT2D eigenvalue weighted by molar-refractivity contribution is 0.0952. The van der Waals surface area contributed by atoms with Gasteiger partial charge in [0.15, 0.2) is 0 Å². The van der Waals surface area contributed by atoms with E-state index in [2.05, 4.69) is 12.2 Å². The van der Waals surface area contributed by atoms with Crippen molar-refractivity contribution in [2.45, 2.75) is 31.9 Å². The van der Waals surface area contributed by atoms with E-state index in [1.165, 1.54) is 12.8 Å². The Labute approximate surface area is 98.0 Å². The fraction of sp³-hybridized carbons (Fsp3) is 1.00. The Morgan fingerprint density at radius 2 is 1.86 bits per heavy atom. The molecular weight excluding hydrogens is 223 g/mol. The third kappa shape index (κ3) is 2.34. The van der Waals surface area contributed by atoms with Crippen LogP contribution in [0.3, 0.4) is 0 Å². The lowest BCUT2D eigenvalue weighted by Crippen LogP contribution is -2.49. The quantitative estimate of drug-likeness (QED) is 0.665. The van der Waals surface area contributed by atoms with Gasteiger partial charge in [0.2, 0.25) is 0 Å². The molecule has 0 aromatic carbocycles. The van der Waals surface area contributed by atoms with Crippen LogP contribution in [0, 0.1) is 5.41 Å². The van der Waals surface area contributed by atoms with E-state index >= 15 is 0 Å². The Kier molecular flexibility index (Phi) is 5.70. The van der Waals surface area contributed by atoms with Crippen molar-refractivity contribution >= 4 is 24.8 Å². The van der Waals surface area contributed by atoms with E-state index in [-0.39, 0.29) is 37.0 Å². The van der Waals surface area contributed by atoms with Gasteiger partial charge in [-0.1, -0.05) is 0 Å². The van der Waals surface area contributed by atoms with E-state index in [0.29, 0.717) is 5.41 Å². The number of nitrogens with one attached hydrogen (secondary N) is 1.